The minimum Gasteiger partial charge on any atom is -0.399 e. The lowest BCUT2D eigenvalue weighted by Gasteiger charge is -2.32. The molecule has 8 nitrogen and oxygen atoms in total. The van der Waals surface area contributed by atoms with Gasteiger partial charge in [0.1, 0.15) is 22.9 Å². The fraction of sp³-hybridized carbons (Fsp3) is 0.378. The van der Waals surface area contributed by atoms with Crippen LogP contribution in [0.25, 0.3) is 99.7 Å². The second-order valence-corrected chi connectivity index (χ2v) is 30.6. The van der Waals surface area contributed by atoms with E-state index in [0.717, 1.165) is 130 Å². The van der Waals surface area contributed by atoms with E-state index < -0.39 is 18.3 Å². The molecule has 0 amide bonds. The summed E-state index contributed by atoms with van der Waals surface area (Å²) in [5.41, 5.74) is 22.1. The van der Waals surface area contributed by atoms with Gasteiger partial charge in [-0.3, -0.25) is 8.80 Å². The molecule has 2 aliphatic carbocycles. The molecule has 1 saturated heterocycles. The average molecular weight is 1100 g/mol. The predicted molar refractivity (Wildman–Crippen MR) is 346 cm³/mol. The molecular formula is C74H79BN6O2. The summed E-state index contributed by atoms with van der Waals surface area (Å²) in [6.45, 7) is 41.1. The van der Waals surface area contributed by atoms with E-state index >= 15 is 0 Å². The van der Waals surface area contributed by atoms with Crippen molar-refractivity contribution in [3.8, 4) is 44.5 Å². The molecule has 0 bridgehead atoms. The van der Waals surface area contributed by atoms with Crippen molar-refractivity contribution < 1.29 is 9.31 Å². The Morgan fingerprint density at radius 2 is 0.735 bits per heavy atom. The van der Waals surface area contributed by atoms with Crippen LogP contribution >= 0.6 is 0 Å². The van der Waals surface area contributed by atoms with Crippen LogP contribution in [0, 0.1) is 0 Å². The van der Waals surface area contributed by atoms with E-state index in [1.807, 2.05) is 0 Å². The molecule has 0 saturated carbocycles. The lowest BCUT2D eigenvalue weighted by atomic mass is 9.75. The van der Waals surface area contributed by atoms with Crippen molar-refractivity contribution in [1.82, 2.24) is 28.7 Å². The third kappa shape index (κ3) is 8.21. The number of imidazole rings is 2. The number of fused-ring (bicyclic) bond motifs is 12. The fourth-order valence-electron chi connectivity index (χ4n) is 15.2. The van der Waals surface area contributed by atoms with Crippen molar-refractivity contribution in [1.29, 1.82) is 0 Å². The average Bonchev–Trinajstić information content (AvgIpc) is 2.67. The summed E-state index contributed by atoms with van der Waals surface area (Å²) in [5, 5.41) is 2.07. The van der Waals surface area contributed by atoms with E-state index in [1.165, 1.54) is 22.3 Å². The van der Waals surface area contributed by atoms with Crippen molar-refractivity contribution >= 4 is 67.7 Å². The Kier molecular flexibility index (Phi) is 11.2. The van der Waals surface area contributed by atoms with Crippen LogP contribution in [0.1, 0.15) is 171 Å². The quantitative estimate of drug-likeness (QED) is 0.160. The maximum absolute atomic E-state index is 6.88. The van der Waals surface area contributed by atoms with Gasteiger partial charge in [-0.25, -0.2) is 19.9 Å². The summed E-state index contributed by atoms with van der Waals surface area (Å²) in [7, 11) is -0.587. The highest BCUT2D eigenvalue weighted by molar-refractivity contribution is 6.62. The summed E-state index contributed by atoms with van der Waals surface area (Å²) in [6, 6.07) is 47.5. The predicted octanol–water partition coefficient (Wildman–Crippen LogP) is 17.9. The van der Waals surface area contributed by atoms with Crippen LogP contribution in [0.5, 0.6) is 0 Å². The van der Waals surface area contributed by atoms with E-state index in [0.29, 0.717) is 0 Å². The van der Waals surface area contributed by atoms with Gasteiger partial charge in [0.05, 0.1) is 44.3 Å². The van der Waals surface area contributed by atoms with Crippen molar-refractivity contribution in [2.24, 2.45) is 0 Å². The van der Waals surface area contributed by atoms with Gasteiger partial charge in [-0.1, -0.05) is 170 Å². The number of nitrogens with zero attached hydrogens (tertiary/aromatic N) is 6. The molecule has 83 heavy (non-hydrogen) atoms. The van der Waals surface area contributed by atoms with Crippen LogP contribution < -0.4 is 5.46 Å². The Morgan fingerprint density at radius 1 is 0.386 bits per heavy atom. The minimum absolute atomic E-state index is 0.0629. The van der Waals surface area contributed by atoms with E-state index in [9.17, 15) is 0 Å². The molecule has 1 aliphatic heterocycles. The summed E-state index contributed by atoms with van der Waals surface area (Å²) >= 11 is 0. The lowest BCUT2D eigenvalue weighted by molar-refractivity contribution is 0.00578. The molecule has 420 valence electrons. The molecule has 4 aromatic heterocycles. The zero-order chi connectivity index (χ0) is 58.7. The Bertz CT molecular complexity index is 4320. The molecule has 11 aromatic rings. The summed E-state index contributed by atoms with van der Waals surface area (Å²) in [6.07, 6.45) is 2.21. The van der Waals surface area contributed by atoms with Gasteiger partial charge in [0.2, 0.25) is 0 Å². The van der Waals surface area contributed by atoms with Crippen molar-refractivity contribution in [3.05, 3.63) is 161 Å². The first-order valence-corrected chi connectivity index (χ1v) is 30.1. The van der Waals surface area contributed by atoms with Crippen LogP contribution in [0.15, 0.2) is 127 Å². The van der Waals surface area contributed by atoms with Gasteiger partial charge in [-0.05, 0) is 189 Å². The molecule has 9 heteroatoms. The largest absolute Gasteiger partial charge is 0.494 e. The Morgan fingerprint density at radius 3 is 1.10 bits per heavy atom. The molecule has 7 aromatic carbocycles. The highest BCUT2D eigenvalue weighted by Gasteiger charge is 2.52. The van der Waals surface area contributed by atoms with Gasteiger partial charge >= 0.3 is 7.12 Å². The van der Waals surface area contributed by atoms with Crippen LogP contribution in [0.4, 0.5) is 0 Å². The molecule has 14 rings (SSSR count). The van der Waals surface area contributed by atoms with Crippen LogP contribution in [0.3, 0.4) is 0 Å². The molecule has 1 fully saturated rings. The number of rotatable bonds is 5. The summed E-state index contributed by atoms with van der Waals surface area (Å²) < 4.78 is 18.4. The normalized spacial score (nSPS) is 18.6. The van der Waals surface area contributed by atoms with Crippen molar-refractivity contribution in [3.63, 3.8) is 0 Å². The third-order valence-electron chi connectivity index (χ3n) is 19.5. The highest BCUT2D eigenvalue weighted by atomic mass is 16.7. The van der Waals surface area contributed by atoms with E-state index in [4.69, 9.17) is 29.2 Å². The van der Waals surface area contributed by atoms with Gasteiger partial charge in [0, 0.05) is 21.6 Å². The second kappa shape index (κ2) is 17.2. The van der Waals surface area contributed by atoms with Crippen LogP contribution in [-0.2, 0) is 41.8 Å². The third-order valence-corrected chi connectivity index (χ3v) is 19.5. The van der Waals surface area contributed by atoms with Gasteiger partial charge < -0.3 is 9.31 Å². The second-order valence-electron chi connectivity index (χ2n) is 30.6. The van der Waals surface area contributed by atoms with Gasteiger partial charge in [-0.15, -0.1) is 0 Å². The Balaban J connectivity index is 0.921. The molecule has 0 N–H and O–H groups in total. The van der Waals surface area contributed by atoms with E-state index in [-0.39, 0.29) is 32.5 Å². The minimum atomic E-state index is -0.587. The van der Waals surface area contributed by atoms with Crippen molar-refractivity contribution in [2.75, 3.05) is 0 Å². The van der Waals surface area contributed by atoms with E-state index in [1.54, 1.807) is 0 Å². The lowest BCUT2D eigenvalue weighted by Crippen LogP contribution is -2.41. The fourth-order valence-corrected chi connectivity index (χ4v) is 15.2. The molecule has 5 heterocycles. The summed E-state index contributed by atoms with van der Waals surface area (Å²) in [5.74, 6) is 2.00. The molecule has 0 radical (unpaired) electrons. The van der Waals surface area contributed by atoms with Gasteiger partial charge in [0.25, 0.3) is 0 Å². The highest BCUT2D eigenvalue weighted by Crippen LogP contribution is 2.53. The smallest absolute Gasteiger partial charge is 0.399 e. The van der Waals surface area contributed by atoms with Crippen LogP contribution in [0.2, 0.25) is 0 Å². The molecule has 3 aliphatic rings. The monoisotopic (exact) mass is 1090 g/mol. The molecular weight excluding hydrogens is 1020 g/mol. The SMILES string of the molecule is CC(C)(C)c1nc2cc(-c3ccccc3-c3cc(B4OC(C)(C)C(C)(C)O4)cc(-c4ccccc4-c4ccc5c(c4)nc(C(C)(C)C)n4c6cc7c(cc6nc54)C(C)(C)CC7(C)C)c3)ccc2c2nc3cc4c(cc3n12)C(C)(C)CC4(C)C. The van der Waals surface area contributed by atoms with E-state index in [2.05, 4.69) is 261 Å². The van der Waals surface area contributed by atoms with Gasteiger partial charge in [0.15, 0.2) is 0 Å². The number of aromatic nitrogens is 6. The first kappa shape index (κ1) is 53.8. The Labute approximate surface area is 490 Å². The van der Waals surface area contributed by atoms with Crippen molar-refractivity contribution in [2.45, 2.75) is 181 Å². The zero-order valence-corrected chi connectivity index (χ0v) is 52.1. The molecule has 0 atom stereocenters. The first-order valence-electron chi connectivity index (χ1n) is 30.1. The summed E-state index contributed by atoms with van der Waals surface area (Å²) in [4.78, 5) is 22.1. The molecule has 0 spiro atoms. The molecule has 0 unspecified atom stereocenters. The topological polar surface area (TPSA) is 78.8 Å². The maximum Gasteiger partial charge on any atom is 0.494 e. The van der Waals surface area contributed by atoms with Gasteiger partial charge in [-0.2, -0.15) is 0 Å². The number of benzene rings is 7. The van der Waals surface area contributed by atoms with Crippen LogP contribution in [-0.4, -0.2) is 47.1 Å². The Hall–Kier alpha value is -7.20. The number of hydrogen-bond acceptors (Lipinski definition) is 6. The number of hydrogen-bond donors (Lipinski definition) is 0. The standard InChI is InChI=1S/C74H79BN6O2/c1-67(2,3)65-78-57-34-42(27-29-51(57)63-76-59-36-53-55(38-61(59)80(63)65)71(11,12)40-69(53,7)8)47-23-19-21-25-49(47)44-31-45(33-46(32-44)75-82-73(15,16)74(17,18)83-75)50-26-22-20-24-48(50)43-28-30-52-58(35-43)79-66(68(4,5)6)81-62-39-56-54(37-60(62)77-64(52)81)70(9,10)41-72(56,13)14/h19-39H,40-41H2,1-18H3. The zero-order valence-electron chi connectivity index (χ0n) is 52.1. The first-order chi connectivity index (χ1) is 38.8. The maximum atomic E-state index is 6.88.